The van der Waals surface area contributed by atoms with Crippen LogP contribution in [-0.2, 0) is 54.6 Å². The lowest BCUT2D eigenvalue weighted by molar-refractivity contribution is -0.145. The fourth-order valence-electron chi connectivity index (χ4n) is 9.87. The molecule has 6 rings (SSSR count). The van der Waals surface area contributed by atoms with Crippen LogP contribution in [0, 0.1) is 28.1 Å². The third-order valence-corrected chi connectivity index (χ3v) is 15.7. The molecule has 0 saturated heterocycles. The highest BCUT2D eigenvalue weighted by Gasteiger charge is 2.47. The first kappa shape index (κ1) is 68.6. The molecule has 2 aliphatic carbocycles. The molecule has 0 aliphatic heterocycles. The number of benzene rings is 4. The van der Waals surface area contributed by atoms with Crippen molar-refractivity contribution in [2.75, 3.05) is 25.0 Å². The molecule has 444 valence electrons. The summed E-state index contributed by atoms with van der Waals surface area (Å²) in [5.41, 5.74) is -0.994. The Hall–Kier alpha value is -4.89. The van der Waals surface area contributed by atoms with E-state index in [1.54, 1.807) is 0 Å². The Bertz CT molecular complexity index is 2660. The van der Waals surface area contributed by atoms with Crippen LogP contribution < -0.4 is 5.73 Å². The van der Waals surface area contributed by atoms with E-state index in [2.05, 4.69) is 12.1 Å². The second-order valence-electron chi connectivity index (χ2n) is 20.9. The van der Waals surface area contributed by atoms with Crippen LogP contribution in [0.15, 0.2) is 97.1 Å². The minimum absolute atomic E-state index is 0.00812. The zero-order chi connectivity index (χ0) is 60.5. The van der Waals surface area contributed by atoms with Crippen molar-refractivity contribution in [2.24, 2.45) is 11.1 Å². The number of Topliss-reactive ketones (excluding diaryl/α,β-unsaturated/α-hetero) is 1. The predicted molar refractivity (Wildman–Crippen MR) is 285 cm³/mol. The van der Waals surface area contributed by atoms with Crippen LogP contribution >= 0.6 is 34.8 Å². The number of hydrogen-bond donors (Lipinski definition) is 1. The summed E-state index contributed by atoms with van der Waals surface area (Å²) in [4.78, 5) is 22.6. The minimum Gasteiger partial charge on any atom is -0.373 e. The van der Waals surface area contributed by atoms with Gasteiger partial charge in [-0.1, -0.05) is 60.7 Å². The Kier molecular flexibility index (Phi) is 25.0. The SMILES string of the molecule is C[C@@H](OCC1(c2ccccc2)CCC(C#N)(CC(=O)CCCCCl)CC1)c1cc(C(F)(F)F)cc(C(F)(F)F)c1.C[C@@H](OCC1(c2ccccc2)CCC(N)(C#N)CC1)c1cc(C(F)(F)F)cc(C(F)(F)F)c1.O=C(Cl)CCCCCl. The van der Waals surface area contributed by atoms with Crippen LogP contribution in [0.1, 0.15) is 167 Å². The van der Waals surface area contributed by atoms with Gasteiger partial charge in [0.2, 0.25) is 5.24 Å². The van der Waals surface area contributed by atoms with E-state index < -0.39 is 81.0 Å². The van der Waals surface area contributed by atoms with Crippen LogP contribution in [0.3, 0.4) is 0 Å². The molecule has 2 N–H and O–H groups in total. The van der Waals surface area contributed by atoms with Gasteiger partial charge in [0.1, 0.15) is 11.3 Å². The molecule has 0 bridgehead atoms. The monoisotopic (exact) mass is 1210 g/mol. The number of carbonyl (C=O) groups excluding carboxylic acids is 2. The number of rotatable bonds is 20. The fourth-order valence-corrected chi connectivity index (χ4v) is 10.4. The van der Waals surface area contributed by atoms with Gasteiger partial charge in [-0.25, -0.2) is 0 Å². The maximum Gasteiger partial charge on any atom is 0.416 e. The molecule has 2 atom stereocenters. The van der Waals surface area contributed by atoms with Crippen molar-refractivity contribution in [3.05, 3.63) is 142 Å². The van der Waals surface area contributed by atoms with Crippen molar-refractivity contribution in [1.82, 2.24) is 0 Å². The molecule has 0 heterocycles. The Morgan fingerprint density at radius 1 is 0.543 bits per heavy atom. The Balaban J connectivity index is 0.000000311. The molecular formula is C59H64Cl3F12N3O4. The van der Waals surface area contributed by atoms with Gasteiger partial charge in [-0.2, -0.15) is 63.2 Å². The van der Waals surface area contributed by atoms with Gasteiger partial charge in [0.15, 0.2) is 0 Å². The number of alkyl halides is 14. The smallest absolute Gasteiger partial charge is 0.373 e. The third-order valence-electron chi connectivity index (χ3n) is 15.0. The maximum atomic E-state index is 13.4. The number of hydrogen-bond acceptors (Lipinski definition) is 7. The van der Waals surface area contributed by atoms with E-state index in [4.69, 9.17) is 50.0 Å². The van der Waals surface area contributed by atoms with Crippen LogP contribution in [0.4, 0.5) is 52.7 Å². The van der Waals surface area contributed by atoms with E-state index in [9.17, 15) is 72.8 Å². The lowest BCUT2D eigenvalue weighted by Crippen LogP contribution is -2.48. The summed E-state index contributed by atoms with van der Waals surface area (Å²) in [6.45, 7) is 2.95. The highest BCUT2D eigenvalue weighted by Crippen LogP contribution is 2.50. The average molecular weight is 1210 g/mol. The van der Waals surface area contributed by atoms with Crippen molar-refractivity contribution in [3.63, 3.8) is 0 Å². The second kappa shape index (κ2) is 29.6. The number of nitrogens with zero attached hydrogens (tertiary/aromatic N) is 2. The highest BCUT2D eigenvalue weighted by atomic mass is 35.5. The molecule has 2 fully saturated rings. The molecule has 4 aromatic carbocycles. The van der Waals surface area contributed by atoms with Crippen molar-refractivity contribution in [1.29, 1.82) is 10.5 Å². The summed E-state index contributed by atoms with van der Waals surface area (Å²) in [6.07, 6.45) is -14.2. The Labute approximate surface area is 479 Å². The molecule has 22 heteroatoms. The van der Waals surface area contributed by atoms with Gasteiger partial charge in [0.05, 0.1) is 65.2 Å². The maximum absolute atomic E-state index is 13.4. The lowest BCUT2D eigenvalue weighted by Gasteiger charge is -2.44. The normalized spacial score (nSPS) is 22.1. The van der Waals surface area contributed by atoms with Crippen LogP contribution in [-0.4, -0.2) is 41.5 Å². The van der Waals surface area contributed by atoms with Crippen molar-refractivity contribution < 1.29 is 71.7 Å². The standard InChI is InChI=1S/C30H32ClF6NO2.C24H24F6N2O.C5H8Cl2O/c1-21(22-15-24(29(32,33)34)17-25(16-22)30(35,36)37)40-20-28(23-7-3-2-4-8-23)12-10-27(19-38,11-13-28)18-26(39)9-5-6-14-31;1-16(17-11-19(23(25,26)27)13-20(12-17)24(28,29)30)33-15-21(18-5-3-2-4-6-18)7-9-22(32,14-31)10-8-21;6-4-2-1-3-5(7)8/h2-4,7-8,15-17,21H,5-6,9-14,18,20H2,1H3;2-6,11-13,16H,7-10,15,32H2,1H3;1-4H2/t21-,27?,28?;16-,21?,22?;/m11./s1. The fraction of sp³-hybridized carbons (Fsp3) is 0.525. The Morgan fingerprint density at radius 3 is 1.20 bits per heavy atom. The minimum atomic E-state index is -4.95. The van der Waals surface area contributed by atoms with Crippen molar-refractivity contribution in [2.45, 2.75) is 163 Å². The number of unbranched alkanes of at least 4 members (excludes halogenated alkanes) is 2. The molecule has 2 saturated carbocycles. The van der Waals surface area contributed by atoms with Crippen molar-refractivity contribution >= 4 is 45.8 Å². The highest BCUT2D eigenvalue weighted by molar-refractivity contribution is 6.63. The number of nitriles is 2. The third kappa shape index (κ3) is 20.5. The molecule has 0 spiro atoms. The second-order valence-corrected chi connectivity index (χ2v) is 22.1. The molecule has 7 nitrogen and oxygen atoms in total. The van der Waals surface area contributed by atoms with Gasteiger partial charge in [0.25, 0.3) is 0 Å². The summed E-state index contributed by atoms with van der Waals surface area (Å²) >= 11 is 16.1. The molecule has 0 radical (unpaired) electrons. The van der Waals surface area contributed by atoms with Crippen LogP contribution in [0.5, 0.6) is 0 Å². The first-order valence-corrected chi connectivity index (χ1v) is 27.6. The van der Waals surface area contributed by atoms with E-state index in [0.717, 1.165) is 30.4 Å². The van der Waals surface area contributed by atoms with Crippen LogP contribution in [0.25, 0.3) is 0 Å². The molecule has 81 heavy (non-hydrogen) atoms. The van der Waals surface area contributed by atoms with E-state index in [1.165, 1.54) is 13.8 Å². The number of carbonyl (C=O) groups is 2. The summed E-state index contributed by atoms with van der Waals surface area (Å²) < 4.78 is 171. The van der Waals surface area contributed by atoms with Gasteiger partial charge in [-0.05, 0) is 161 Å². The topological polar surface area (TPSA) is 126 Å². The molecule has 0 amide bonds. The zero-order valence-electron chi connectivity index (χ0n) is 44.6. The number of nitrogens with two attached hydrogens (primary N) is 1. The summed E-state index contributed by atoms with van der Waals surface area (Å²) in [6, 6.07) is 26.1. The molecule has 4 aromatic rings. The lowest BCUT2D eigenvalue weighted by atomic mass is 9.60. The van der Waals surface area contributed by atoms with Gasteiger partial charge in [-0.15, -0.1) is 23.2 Å². The first-order chi connectivity index (χ1) is 37.8. The number of halogens is 15. The van der Waals surface area contributed by atoms with Gasteiger partial charge < -0.3 is 15.2 Å². The summed E-state index contributed by atoms with van der Waals surface area (Å²) in [7, 11) is 0. The molecule has 0 unspecified atom stereocenters. The predicted octanol–water partition coefficient (Wildman–Crippen LogP) is 17.9. The summed E-state index contributed by atoms with van der Waals surface area (Å²) in [5.74, 6) is 1.09. The molecule has 2 aliphatic rings. The molecule has 0 aromatic heterocycles. The Morgan fingerprint density at radius 2 is 0.889 bits per heavy atom. The van der Waals surface area contributed by atoms with E-state index in [-0.39, 0.29) is 53.9 Å². The zero-order valence-corrected chi connectivity index (χ0v) is 46.9. The van der Waals surface area contributed by atoms with Crippen molar-refractivity contribution in [3.8, 4) is 12.1 Å². The first-order valence-electron chi connectivity index (χ1n) is 26.2. The van der Waals surface area contributed by atoms with Gasteiger partial charge in [0, 0.05) is 41.9 Å². The molecular weight excluding hydrogens is 1150 g/mol. The quantitative estimate of drug-likeness (QED) is 0.0404. The average Bonchev–Trinajstić information content (AvgIpc) is 3.59. The number of ether oxygens (including phenoxy) is 2. The van der Waals surface area contributed by atoms with Gasteiger partial charge >= 0.3 is 24.7 Å². The summed E-state index contributed by atoms with van der Waals surface area (Å²) in [5, 5.41) is 19.1. The number of ketones is 1. The van der Waals surface area contributed by atoms with E-state index >= 15 is 0 Å². The largest absolute Gasteiger partial charge is 0.416 e. The van der Waals surface area contributed by atoms with Gasteiger partial charge in [-0.3, -0.25) is 9.59 Å². The van der Waals surface area contributed by atoms with E-state index in [0.29, 0.717) is 107 Å². The van der Waals surface area contributed by atoms with E-state index in [1.807, 2.05) is 60.7 Å². The van der Waals surface area contributed by atoms with Crippen LogP contribution in [0.2, 0.25) is 0 Å².